The Balaban J connectivity index is 2.62. The highest BCUT2D eigenvalue weighted by atomic mass is 16.5. The van der Waals surface area contributed by atoms with Gasteiger partial charge in [-0.1, -0.05) is 6.07 Å². The van der Waals surface area contributed by atoms with Crippen LogP contribution in [0.5, 0.6) is 11.5 Å². The minimum absolute atomic E-state index is 0.0771. The lowest BCUT2D eigenvalue weighted by Gasteiger charge is -2.27. The average Bonchev–Trinajstić information content (AvgIpc) is 2.54. The Hall–Kier alpha value is -3.14. The van der Waals surface area contributed by atoms with E-state index in [2.05, 4.69) is 0 Å². The van der Waals surface area contributed by atoms with Gasteiger partial charge < -0.3 is 25.1 Å². The molecular formula is C17H18N2O5. The summed E-state index contributed by atoms with van der Waals surface area (Å²) in [4.78, 5) is 12.3. The molecule has 126 valence electrons. The fourth-order valence-corrected chi connectivity index (χ4v) is 2.57. The fraction of sp³-hybridized carbons (Fsp3) is 0.294. The largest absolute Gasteiger partial charge is 0.504 e. The minimum Gasteiger partial charge on any atom is -0.504 e. The third-order valence-electron chi connectivity index (χ3n) is 3.64. The van der Waals surface area contributed by atoms with Crippen LogP contribution in [0.25, 0.3) is 0 Å². The number of esters is 1. The molecule has 0 spiro atoms. The van der Waals surface area contributed by atoms with Crippen molar-refractivity contribution in [3.05, 3.63) is 46.6 Å². The maximum Gasteiger partial charge on any atom is 0.338 e. The predicted molar refractivity (Wildman–Crippen MR) is 84.6 cm³/mol. The maximum absolute atomic E-state index is 12.3. The molecule has 0 saturated heterocycles. The molecule has 0 aromatic heterocycles. The van der Waals surface area contributed by atoms with E-state index in [4.69, 9.17) is 19.9 Å². The summed E-state index contributed by atoms with van der Waals surface area (Å²) < 4.78 is 15.4. The van der Waals surface area contributed by atoms with E-state index in [0.717, 1.165) is 0 Å². The highest BCUT2D eigenvalue weighted by molar-refractivity contribution is 5.92. The number of ether oxygens (including phenoxy) is 3. The number of allylic oxidation sites excluding steroid dienone is 2. The third-order valence-corrected chi connectivity index (χ3v) is 3.64. The Kier molecular flexibility index (Phi) is 4.99. The van der Waals surface area contributed by atoms with Crippen LogP contribution < -0.4 is 10.5 Å². The van der Waals surface area contributed by atoms with Gasteiger partial charge in [0, 0.05) is 0 Å². The molecule has 1 atom stereocenters. The van der Waals surface area contributed by atoms with Gasteiger partial charge in [-0.2, -0.15) is 5.26 Å². The highest BCUT2D eigenvalue weighted by Gasteiger charge is 2.36. The summed E-state index contributed by atoms with van der Waals surface area (Å²) in [6, 6.07) is 6.58. The number of phenols is 1. The number of hydrogen-bond acceptors (Lipinski definition) is 7. The lowest BCUT2D eigenvalue weighted by Crippen LogP contribution is -2.25. The Morgan fingerprint density at radius 2 is 2.21 bits per heavy atom. The lowest BCUT2D eigenvalue weighted by atomic mass is 9.83. The zero-order valence-corrected chi connectivity index (χ0v) is 13.6. The van der Waals surface area contributed by atoms with Crippen molar-refractivity contribution in [1.82, 2.24) is 0 Å². The van der Waals surface area contributed by atoms with E-state index in [9.17, 15) is 15.2 Å². The zero-order chi connectivity index (χ0) is 17.9. The zero-order valence-electron chi connectivity index (χ0n) is 13.6. The first kappa shape index (κ1) is 17.2. The van der Waals surface area contributed by atoms with Crippen LogP contribution >= 0.6 is 0 Å². The van der Waals surface area contributed by atoms with Gasteiger partial charge in [-0.3, -0.25) is 0 Å². The average molecular weight is 330 g/mol. The number of hydrogen-bond donors (Lipinski definition) is 2. The molecule has 1 unspecified atom stereocenters. The normalized spacial score (nSPS) is 17.2. The van der Waals surface area contributed by atoms with E-state index >= 15 is 0 Å². The van der Waals surface area contributed by atoms with Crippen LogP contribution in [0.4, 0.5) is 0 Å². The number of nitriles is 1. The molecule has 7 heteroatoms. The maximum atomic E-state index is 12.3. The van der Waals surface area contributed by atoms with Crippen molar-refractivity contribution in [2.45, 2.75) is 19.8 Å². The smallest absolute Gasteiger partial charge is 0.338 e. The highest BCUT2D eigenvalue weighted by Crippen LogP contribution is 2.41. The Morgan fingerprint density at radius 1 is 1.50 bits per heavy atom. The predicted octanol–water partition coefficient (Wildman–Crippen LogP) is 2.05. The standard InChI is InChI=1S/C17H18N2O5/c1-4-23-17(21)14-9(2)24-16(19)11(8-18)15(14)10-5-6-13(22-3)12(20)7-10/h5-7,15,20H,4,19H2,1-3H3. The molecule has 2 rings (SSSR count). The molecule has 24 heavy (non-hydrogen) atoms. The van der Waals surface area contributed by atoms with Crippen molar-refractivity contribution in [1.29, 1.82) is 5.26 Å². The van der Waals surface area contributed by atoms with E-state index in [0.29, 0.717) is 5.56 Å². The number of methoxy groups -OCH3 is 1. The topological polar surface area (TPSA) is 115 Å². The number of rotatable bonds is 4. The molecule has 0 aliphatic carbocycles. The summed E-state index contributed by atoms with van der Waals surface area (Å²) in [6.45, 7) is 3.43. The van der Waals surface area contributed by atoms with E-state index in [1.165, 1.54) is 13.2 Å². The van der Waals surface area contributed by atoms with Crippen LogP contribution in [0.15, 0.2) is 41.0 Å². The van der Waals surface area contributed by atoms with Gasteiger partial charge in [-0.25, -0.2) is 4.79 Å². The summed E-state index contributed by atoms with van der Waals surface area (Å²) in [5, 5.41) is 19.5. The van der Waals surface area contributed by atoms with Gasteiger partial charge in [0.25, 0.3) is 0 Å². The first-order valence-corrected chi connectivity index (χ1v) is 7.26. The quantitative estimate of drug-likeness (QED) is 0.812. The molecule has 1 heterocycles. The molecule has 1 aromatic rings. The van der Waals surface area contributed by atoms with Crippen molar-refractivity contribution >= 4 is 5.97 Å². The van der Waals surface area contributed by atoms with Crippen LogP contribution in [0.1, 0.15) is 25.3 Å². The number of nitrogens with two attached hydrogens (primary N) is 1. The van der Waals surface area contributed by atoms with Crippen molar-refractivity contribution in [2.24, 2.45) is 5.73 Å². The molecule has 1 aliphatic rings. The second-order valence-electron chi connectivity index (χ2n) is 5.05. The number of phenolic OH excluding ortho intramolecular Hbond substituents is 1. The van der Waals surface area contributed by atoms with E-state index in [1.54, 1.807) is 26.0 Å². The first-order chi connectivity index (χ1) is 11.4. The number of nitrogens with zero attached hydrogens (tertiary/aromatic N) is 1. The molecule has 1 aliphatic heterocycles. The summed E-state index contributed by atoms with van der Waals surface area (Å²) >= 11 is 0. The van der Waals surface area contributed by atoms with Crippen molar-refractivity contribution in [2.75, 3.05) is 13.7 Å². The molecular weight excluding hydrogens is 312 g/mol. The van der Waals surface area contributed by atoms with Crippen molar-refractivity contribution < 1.29 is 24.1 Å². The van der Waals surface area contributed by atoms with Gasteiger partial charge in [0.05, 0.1) is 25.2 Å². The second kappa shape index (κ2) is 6.96. The van der Waals surface area contributed by atoms with Gasteiger partial charge >= 0.3 is 5.97 Å². The number of carbonyl (C=O) groups excluding carboxylic acids is 1. The van der Waals surface area contributed by atoms with Crippen LogP contribution in [0, 0.1) is 11.3 Å². The SMILES string of the molecule is CCOC(=O)C1=C(C)OC(N)=C(C#N)C1c1ccc(OC)c(O)c1. The van der Waals surface area contributed by atoms with Crippen LogP contribution in [0.2, 0.25) is 0 Å². The van der Waals surface area contributed by atoms with Crippen molar-refractivity contribution in [3.63, 3.8) is 0 Å². The molecule has 0 amide bonds. The third kappa shape index (κ3) is 2.99. The van der Waals surface area contributed by atoms with E-state index in [1.807, 2.05) is 6.07 Å². The summed E-state index contributed by atoms with van der Waals surface area (Å²) in [5.41, 5.74) is 6.55. The Morgan fingerprint density at radius 3 is 2.75 bits per heavy atom. The van der Waals surface area contributed by atoms with Crippen molar-refractivity contribution in [3.8, 4) is 17.6 Å². The molecule has 0 fully saturated rings. The lowest BCUT2D eigenvalue weighted by molar-refractivity contribution is -0.139. The van der Waals surface area contributed by atoms with Gasteiger partial charge in [0.2, 0.25) is 5.88 Å². The molecule has 0 radical (unpaired) electrons. The fourth-order valence-electron chi connectivity index (χ4n) is 2.57. The number of carbonyl (C=O) groups is 1. The van der Waals surface area contributed by atoms with E-state index < -0.39 is 11.9 Å². The summed E-state index contributed by atoms with van der Waals surface area (Å²) in [6.07, 6.45) is 0. The molecule has 0 saturated carbocycles. The van der Waals surface area contributed by atoms with Crippen LogP contribution in [-0.4, -0.2) is 24.8 Å². The Labute approximate surface area is 139 Å². The minimum atomic E-state index is -0.792. The van der Waals surface area contributed by atoms with Gasteiger partial charge in [-0.05, 0) is 31.5 Å². The molecule has 1 aromatic carbocycles. The summed E-state index contributed by atoms with van der Waals surface area (Å²) in [5.74, 6) is -1.05. The first-order valence-electron chi connectivity index (χ1n) is 7.26. The monoisotopic (exact) mass is 330 g/mol. The van der Waals surface area contributed by atoms with Crippen LogP contribution in [-0.2, 0) is 14.3 Å². The number of benzene rings is 1. The number of aromatic hydroxyl groups is 1. The van der Waals surface area contributed by atoms with Gasteiger partial charge in [-0.15, -0.1) is 0 Å². The molecule has 7 nitrogen and oxygen atoms in total. The summed E-state index contributed by atoms with van der Waals surface area (Å²) in [7, 11) is 1.43. The van der Waals surface area contributed by atoms with Gasteiger partial charge in [0.15, 0.2) is 11.5 Å². The molecule has 3 N–H and O–H groups in total. The second-order valence-corrected chi connectivity index (χ2v) is 5.05. The Bertz CT molecular complexity index is 774. The van der Waals surface area contributed by atoms with Gasteiger partial charge in [0.1, 0.15) is 17.4 Å². The van der Waals surface area contributed by atoms with E-state index in [-0.39, 0.29) is 40.9 Å². The van der Waals surface area contributed by atoms with Crippen LogP contribution in [0.3, 0.4) is 0 Å². The molecule has 0 bridgehead atoms.